The van der Waals surface area contributed by atoms with Gasteiger partial charge in [0.25, 0.3) is 0 Å². The predicted molar refractivity (Wildman–Crippen MR) is 79.4 cm³/mol. The number of nitrogens with one attached hydrogen (secondary N) is 2. The molecule has 0 aliphatic rings. The fourth-order valence-electron chi connectivity index (χ4n) is 1.81. The first-order valence-corrected chi connectivity index (χ1v) is 6.06. The van der Waals surface area contributed by atoms with Gasteiger partial charge in [-0.15, -0.1) is 0 Å². The minimum Gasteiger partial charge on any atom is -0.398 e. The van der Waals surface area contributed by atoms with Crippen LogP contribution in [-0.4, -0.2) is 6.03 Å². The topological polar surface area (TPSA) is 67.2 Å². The quantitative estimate of drug-likeness (QED) is 0.719. The van der Waals surface area contributed by atoms with Crippen LogP contribution in [0.4, 0.5) is 21.9 Å². The van der Waals surface area contributed by atoms with E-state index in [0.29, 0.717) is 5.69 Å². The number of amides is 2. The lowest BCUT2D eigenvalue weighted by Gasteiger charge is -2.12. The third-order valence-electron chi connectivity index (χ3n) is 2.89. The summed E-state index contributed by atoms with van der Waals surface area (Å²) in [5.41, 5.74) is 9.97. The molecule has 2 aromatic rings. The van der Waals surface area contributed by atoms with Gasteiger partial charge >= 0.3 is 6.03 Å². The average molecular weight is 255 g/mol. The fraction of sp³-hybridized carbons (Fsp3) is 0.133. The molecule has 2 amide bonds. The molecule has 0 saturated carbocycles. The zero-order valence-corrected chi connectivity index (χ0v) is 11.0. The number of carbonyl (C=O) groups is 1. The second-order valence-electron chi connectivity index (χ2n) is 4.47. The van der Waals surface area contributed by atoms with Gasteiger partial charge in [-0.25, -0.2) is 4.79 Å². The lowest BCUT2D eigenvalue weighted by Crippen LogP contribution is -2.20. The monoisotopic (exact) mass is 255 g/mol. The summed E-state index contributed by atoms with van der Waals surface area (Å²) in [5.74, 6) is 0. The minimum absolute atomic E-state index is 0.280. The number of para-hydroxylation sites is 1. The molecule has 2 rings (SSSR count). The van der Waals surface area contributed by atoms with Crippen molar-refractivity contribution in [3.05, 3.63) is 53.6 Å². The Bertz CT molecular complexity index is 594. The number of nitrogens with two attached hydrogens (primary N) is 1. The molecule has 4 N–H and O–H groups in total. The molecular weight excluding hydrogens is 238 g/mol. The summed E-state index contributed by atoms with van der Waals surface area (Å²) in [6.45, 7) is 3.88. The second kappa shape index (κ2) is 5.44. The Morgan fingerprint density at radius 2 is 1.68 bits per heavy atom. The van der Waals surface area contributed by atoms with Gasteiger partial charge < -0.3 is 16.4 Å². The lowest BCUT2D eigenvalue weighted by molar-refractivity contribution is 0.262. The zero-order valence-electron chi connectivity index (χ0n) is 11.0. The van der Waals surface area contributed by atoms with E-state index in [0.717, 1.165) is 22.5 Å². The molecular formula is C15H17N3O. The molecule has 98 valence electrons. The summed E-state index contributed by atoms with van der Waals surface area (Å²) in [5, 5.41) is 5.56. The molecule has 0 aliphatic heterocycles. The predicted octanol–water partition coefficient (Wildman–Crippen LogP) is 3.53. The summed E-state index contributed by atoms with van der Waals surface area (Å²) >= 11 is 0. The van der Waals surface area contributed by atoms with Gasteiger partial charge in [0.1, 0.15) is 0 Å². The number of rotatable bonds is 2. The van der Waals surface area contributed by atoms with Crippen LogP contribution in [-0.2, 0) is 0 Å². The second-order valence-corrected chi connectivity index (χ2v) is 4.47. The first kappa shape index (κ1) is 13.0. The highest BCUT2D eigenvalue weighted by Crippen LogP contribution is 2.22. The van der Waals surface area contributed by atoms with E-state index in [2.05, 4.69) is 10.6 Å². The van der Waals surface area contributed by atoms with Gasteiger partial charge in [-0.1, -0.05) is 24.3 Å². The maximum absolute atomic E-state index is 11.9. The average Bonchev–Trinajstić information content (AvgIpc) is 2.37. The van der Waals surface area contributed by atoms with Gasteiger partial charge in [-0.2, -0.15) is 0 Å². The SMILES string of the molecule is Cc1cc(C)c(NC(=O)Nc2ccccc2)cc1N. The van der Waals surface area contributed by atoms with Crippen molar-refractivity contribution in [3.8, 4) is 0 Å². The summed E-state index contributed by atoms with van der Waals surface area (Å²) in [6.07, 6.45) is 0. The highest BCUT2D eigenvalue weighted by atomic mass is 16.2. The molecule has 4 heteroatoms. The van der Waals surface area contributed by atoms with E-state index in [1.807, 2.05) is 50.2 Å². The number of aryl methyl sites for hydroxylation is 2. The Hall–Kier alpha value is -2.49. The van der Waals surface area contributed by atoms with E-state index in [-0.39, 0.29) is 6.03 Å². The third-order valence-corrected chi connectivity index (χ3v) is 2.89. The van der Waals surface area contributed by atoms with E-state index in [4.69, 9.17) is 5.73 Å². The first-order valence-electron chi connectivity index (χ1n) is 6.06. The molecule has 0 unspecified atom stereocenters. The van der Waals surface area contributed by atoms with Crippen molar-refractivity contribution in [1.82, 2.24) is 0 Å². The highest BCUT2D eigenvalue weighted by Gasteiger charge is 2.06. The molecule has 0 bridgehead atoms. The maximum atomic E-state index is 11.9. The molecule has 0 aliphatic carbocycles. The Morgan fingerprint density at radius 1 is 1.00 bits per heavy atom. The molecule has 0 aromatic heterocycles. The Balaban J connectivity index is 2.09. The van der Waals surface area contributed by atoms with Gasteiger partial charge in [-0.3, -0.25) is 0 Å². The molecule has 0 fully saturated rings. The number of hydrogen-bond acceptors (Lipinski definition) is 2. The smallest absolute Gasteiger partial charge is 0.323 e. The number of anilines is 3. The van der Waals surface area contributed by atoms with Crippen LogP contribution in [0.25, 0.3) is 0 Å². The Kier molecular flexibility index (Phi) is 3.71. The van der Waals surface area contributed by atoms with Gasteiger partial charge in [0.2, 0.25) is 0 Å². The number of nitrogen functional groups attached to an aromatic ring is 1. The van der Waals surface area contributed by atoms with Crippen molar-refractivity contribution in [2.75, 3.05) is 16.4 Å². The highest BCUT2D eigenvalue weighted by molar-refractivity contribution is 6.00. The molecule has 0 atom stereocenters. The standard InChI is InChI=1S/C15H17N3O/c1-10-8-11(2)14(9-13(10)16)18-15(19)17-12-6-4-3-5-7-12/h3-9H,16H2,1-2H3,(H2,17,18,19). The van der Waals surface area contributed by atoms with Crippen molar-refractivity contribution in [3.63, 3.8) is 0 Å². The van der Waals surface area contributed by atoms with Gasteiger partial charge in [0.15, 0.2) is 0 Å². The summed E-state index contributed by atoms with van der Waals surface area (Å²) in [7, 11) is 0. The zero-order chi connectivity index (χ0) is 13.8. The van der Waals surface area contributed by atoms with Gasteiger partial charge in [-0.05, 0) is 43.2 Å². The van der Waals surface area contributed by atoms with Gasteiger partial charge in [0.05, 0.1) is 0 Å². The molecule has 2 aromatic carbocycles. The molecule has 19 heavy (non-hydrogen) atoms. The first-order chi connectivity index (χ1) is 9.06. The summed E-state index contributed by atoms with van der Waals surface area (Å²) < 4.78 is 0. The van der Waals surface area contributed by atoms with Crippen LogP contribution in [0.1, 0.15) is 11.1 Å². The molecule has 4 nitrogen and oxygen atoms in total. The van der Waals surface area contributed by atoms with Crippen LogP contribution in [0.15, 0.2) is 42.5 Å². The van der Waals surface area contributed by atoms with Crippen LogP contribution in [0.5, 0.6) is 0 Å². The largest absolute Gasteiger partial charge is 0.398 e. The van der Waals surface area contributed by atoms with Crippen molar-refractivity contribution >= 4 is 23.1 Å². The van der Waals surface area contributed by atoms with E-state index in [1.165, 1.54) is 0 Å². The molecule has 0 heterocycles. The normalized spacial score (nSPS) is 10.0. The van der Waals surface area contributed by atoms with Crippen molar-refractivity contribution in [2.45, 2.75) is 13.8 Å². The summed E-state index contributed by atoms with van der Waals surface area (Å²) in [6, 6.07) is 12.7. The van der Waals surface area contributed by atoms with E-state index >= 15 is 0 Å². The van der Waals surface area contributed by atoms with Crippen LogP contribution in [0.2, 0.25) is 0 Å². The van der Waals surface area contributed by atoms with Crippen LogP contribution < -0.4 is 16.4 Å². The summed E-state index contributed by atoms with van der Waals surface area (Å²) in [4.78, 5) is 11.9. The van der Waals surface area contributed by atoms with Crippen molar-refractivity contribution in [2.24, 2.45) is 0 Å². The number of benzene rings is 2. The molecule has 0 radical (unpaired) electrons. The minimum atomic E-state index is -0.280. The number of hydrogen-bond donors (Lipinski definition) is 3. The van der Waals surface area contributed by atoms with Gasteiger partial charge in [0, 0.05) is 17.1 Å². The van der Waals surface area contributed by atoms with Crippen LogP contribution in [0, 0.1) is 13.8 Å². The maximum Gasteiger partial charge on any atom is 0.323 e. The third kappa shape index (κ3) is 3.25. The number of carbonyl (C=O) groups excluding carboxylic acids is 1. The van der Waals surface area contributed by atoms with Crippen LogP contribution in [0.3, 0.4) is 0 Å². The van der Waals surface area contributed by atoms with Crippen molar-refractivity contribution < 1.29 is 4.79 Å². The lowest BCUT2D eigenvalue weighted by atomic mass is 10.1. The molecule has 0 spiro atoms. The van der Waals surface area contributed by atoms with E-state index in [9.17, 15) is 4.79 Å². The Labute approximate surface area is 112 Å². The number of urea groups is 1. The van der Waals surface area contributed by atoms with Crippen LogP contribution >= 0.6 is 0 Å². The van der Waals surface area contributed by atoms with E-state index < -0.39 is 0 Å². The van der Waals surface area contributed by atoms with Crippen molar-refractivity contribution in [1.29, 1.82) is 0 Å². The molecule has 0 saturated heterocycles. The fourth-order valence-corrected chi connectivity index (χ4v) is 1.81. The van der Waals surface area contributed by atoms with E-state index in [1.54, 1.807) is 6.07 Å². The Morgan fingerprint density at radius 3 is 2.37 bits per heavy atom.